The number of carbonyl (C=O) groups excluding carboxylic acids is 1. The van der Waals surface area contributed by atoms with E-state index in [1.807, 2.05) is 0 Å². The summed E-state index contributed by atoms with van der Waals surface area (Å²) >= 11 is 0. The smallest absolute Gasteiger partial charge is 0.430 e. The van der Waals surface area contributed by atoms with E-state index in [1.165, 1.54) is 24.0 Å². The number of hydrogen-bond acceptors (Lipinski definition) is 6. The van der Waals surface area contributed by atoms with Crippen molar-refractivity contribution in [2.24, 2.45) is 0 Å². The van der Waals surface area contributed by atoms with E-state index in [1.54, 1.807) is 19.2 Å². The summed E-state index contributed by atoms with van der Waals surface area (Å²) in [5.74, 6) is -0.678. The molecule has 256 valence electrons. The van der Waals surface area contributed by atoms with Gasteiger partial charge in [0, 0.05) is 26.1 Å². The zero-order valence-electron chi connectivity index (χ0n) is 24.9. The molecule has 0 saturated heterocycles. The number of benzene rings is 3. The number of aliphatic hydroxyl groups is 2. The van der Waals surface area contributed by atoms with Crippen LogP contribution in [0.3, 0.4) is 0 Å². The molecule has 0 radical (unpaired) electrons. The van der Waals surface area contributed by atoms with E-state index in [2.05, 4.69) is 12.8 Å². The number of amides is 1. The number of halogens is 7. The Hall–Kier alpha value is -4.33. The first-order chi connectivity index (χ1) is 21.7. The molecule has 1 amide bonds. The molecule has 3 N–H and O–H groups in total. The Morgan fingerprint density at radius 1 is 0.979 bits per heavy atom. The standard InChI is InChI=1S/C18H14F7NO3S.C11H15NO3.C2H2/c19-13-4-6-14(7-5-13)30(28,29)26-9-1-2-11-10-12(3-8-15(11)26)16(27,17(20,21)22)18(23,24)25;1-8(13)12(2)7-11(15)9-4-3-5-10(14)6-9;1-2/h3-8,10,27H,1-2,9H2;3-6,11,14-15H,7H2,1-2H3;1-2H. The fourth-order valence-corrected chi connectivity index (χ4v) is 6.03. The van der Waals surface area contributed by atoms with Crippen LogP contribution in [0.4, 0.5) is 36.4 Å². The topological polar surface area (TPSA) is 118 Å². The number of rotatable bonds is 6. The number of hydrogen-bond donors (Lipinski definition) is 3. The summed E-state index contributed by atoms with van der Waals surface area (Å²) in [6, 6.07) is 11.9. The molecule has 1 aliphatic rings. The minimum absolute atomic E-state index is 0.00437. The SMILES string of the molecule is C#C.CC(=O)N(C)CC(O)c1cccc(O)c1.O=S(=O)(c1ccc(F)cc1)N1CCCc2cc(C(O)(C(F)(F)F)C(F)(F)F)ccc21. The normalized spacial score (nSPS) is 14.0. The van der Waals surface area contributed by atoms with Crippen molar-refractivity contribution in [3.63, 3.8) is 0 Å². The quantitative estimate of drug-likeness (QED) is 0.234. The first kappa shape index (κ1) is 38.9. The minimum Gasteiger partial charge on any atom is -0.508 e. The van der Waals surface area contributed by atoms with Crippen molar-refractivity contribution in [1.29, 1.82) is 0 Å². The molecule has 47 heavy (non-hydrogen) atoms. The largest absolute Gasteiger partial charge is 0.508 e. The summed E-state index contributed by atoms with van der Waals surface area (Å²) in [5.41, 5.74) is -6.17. The molecule has 16 heteroatoms. The first-order valence-corrected chi connectivity index (χ1v) is 14.9. The van der Waals surface area contributed by atoms with Gasteiger partial charge in [-0.05, 0) is 66.4 Å². The van der Waals surface area contributed by atoms with Gasteiger partial charge < -0.3 is 20.2 Å². The van der Waals surface area contributed by atoms with Crippen LogP contribution in [-0.2, 0) is 26.8 Å². The van der Waals surface area contributed by atoms with Crippen LogP contribution in [0, 0.1) is 18.7 Å². The molecule has 1 unspecified atom stereocenters. The van der Waals surface area contributed by atoms with Crippen molar-refractivity contribution >= 4 is 21.6 Å². The predicted octanol–water partition coefficient (Wildman–Crippen LogP) is 5.43. The highest BCUT2D eigenvalue weighted by Crippen LogP contribution is 2.51. The number of aryl methyl sites for hydroxylation is 1. The number of alkyl halides is 6. The van der Waals surface area contributed by atoms with Crippen LogP contribution in [0.2, 0.25) is 0 Å². The zero-order chi connectivity index (χ0) is 36.0. The number of likely N-dealkylation sites (N-methyl/N-ethyl adjacent to an activating group) is 1. The number of terminal acetylenes is 1. The lowest BCUT2D eigenvalue weighted by molar-refractivity contribution is -0.376. The highest BCUT2D eigenvalue weighted by molar-refractivity contribution is 7.92. The molecule has 1 atom stereocenters. The molecule has 0 fully saturated rings. The number of aliphatic hydroxyl groups excluding tert-OH is 1. The summed E-state index contributed by atoms with van der Waals surface area (Å²) in [4.78, 5) is 12.1. The van der Waals surface area contributed by atoms with Crippen molar-refractivity contribution in [3.05, 3.63) is 89.2 Å². The molecule has 3 aromatic carbocycles. The van der Waals surface area contributed by atoms with Gasteiger partial charge in [-0.25, -0.2) is 12.8 Å². The Labute approximate surface area is 266 Å². The van der Waals surface area contributed by atoms with Crippen molar-refractivity contribution in [2.75, 3.05) is 24.4 Å². The number of phenolic OH excluding ortho intramolecular Hbond substituents is 1. The van der Waals surface area contributed by atoms with Crippen molar-refractivity contribution in [1.82, 2.24) is 4.90 Å². The molecular weight excluding hydrogens is 661 g/mol. The fraction of sp³-hybridized carbons (Fsp3) is 0.323. The summed E-state index contributed by atoms with van der Waals surface area (Å²) in [6.45, 7) is 1.59. The van der Waals surface area contributed by atoms with Crippen molar-refractivity contribution < 1.29 is 59.3 Å². The Bertz CT molecular complexity index is 1650. The van der Waals surface area contributed by atoms with E-state index in [0.29, 0.717) is 17.7 Å². The minimum atomic E-state index is -6.05. The number of nitrogens with zero attached hydrogens (tertiary/aromatic N) is 2. The third kappa shape index (κ3) is 8.73. The van der Waals surface area contributed by atoms with Crippen LogP contribution in [0.25, 0.3) is 0 Å². The molecule has 4 rings (SSSR count). The fourth-order valence-electron chi connectivity index (χ4n) is 4.48. The average Bonchev–Trinajstić information content (AvgIpc) is 3.00. The summed E-state index contributed by atoms with van der Waals surface area (Å²) in [6.07, 6.45) is -4.74. The number of carbonyl (C=O) groups is 1. The van der Waals surface area contributed by atoms with Gasteiger partial charge in [-0.15, -0.1) is 12.8 Å². The van der Waals surface area contributed by atoms with Crippen LogP contribution in [0.1, 0.15) is 36.1 Å². The molecule has 1 heterocycles. The molecule has 8 nitrogen and oxygen atoms in total. The second kappa shape index (κ2) is 15.1. The van der Waals surface area contributed by atoms with E-state index in [4.69, 9.17) is 0 Å². The van der Waals surface area contributed by atoms with Crippen LogP contribution >= 0.6 is 0 Å². The van der Waals surface area contributed by atoms with E-state index in [9.17, 15) is 59.3 Å². The lowest BCUT2D eigenvalue weighted by Gasteiger charge is -2.35. The van der Waals surface area contributed by atoms with Gasteiger partial charge >= 0.3 is 12.4 Å². The lowest BCUT2D eigenvalue weighted by Crippen LogP contribution is -2.54. The Morgan fingerprint density at radius 3 is 2.06 bits per heavy atom. The van der Waals surface area contributed by atoms with E-state index in [-0.39, 0.29) is 53.7 Å². The number of sulfonamides is 1. The van der Waals surface area contributed by atoms with Crippen molar-refractivity contribution in [2.45, 2.75) is 48.7 Å². The van der Waals surface area contributed by atoms with Gasteiger partial charge in [0.1, 0.15) is 11.6 Å². The number of aromatic hydroxyl groups is 1. The Kier molecular flexibility index (Phi) is 12.4. The second-order valence-corrected chi connectivity index (χ2v) is 12.1. The number of phenols is 1. The number of fused-ring (bicyclic) bond motifs is 1. The maximum atomic E-state index is 13.1. The van der Waals surface area contributed by atoms with Crippen LogP contribution in [-0.4, -0.2) is 67.0 Å². The molecule has 0 bridgehead atoms. The van der Waals surface area contributed by atoms with E-state index in [0.717, 1.165) is 34.6 Å². The second-order valence-electron chi connectivity index (χ2n) is 10.2. The highest BCUT2D eigenvalue weighted by atomic mass is 32.2. The van der Waals surface area contributed by atoms with Crippen LogP contribution in [0.15, 0.2) is 71.6 Å². The van der Waals surface area contributed by atoms with Gasteiger partial charge in [0.25, 0.3) is 15.6 Å². The van der Waals surface area contributed by atoms with Gasteiger partial charge in [0.05, 0.1) is 23.2 Å². The molecule has 0 aromatic heterocycles. The Balaban J connectivity index is 0.000000380. The molecule has 0 aliphatic carbocycles. The molecule has 0 spiro atoms. The maximum absolute atomic E-state index is 13.1. The lowest BCUT2D eigenvalue weighted by atomic mass is 9.89. The highest BCUT2D eigenvalue weighted by Gasteiger charge is 2.71. The van der Waals surface area contributed by atoms with E-state index < -0.39 is 45.5 Å². The van der Waals surface area contributed by atoms with Gasteiger partial charge in [-0.3, -0.25) is 9.10 Å². The maximum Gasteiger partial charge on any atom is 0.430 e. The zero-order valence-corrected chi connectivity index (χ0v) is 25.7. The van der Waals surface area contributed by atoms with Gasteiger partial charge in [0.15, 0.2) is 0 Å². The van der Waals surface area contributed by atoms with Gasteiger partial charge in [-0.1, -0.05) is 24.3 Å². The molecule has 0 saturated carbocycles. The van der Waals surface area contributed by atoms with Crippen LogP contribution in [0.5, 0.6) is 5.75 Å². The third-order valence-electron chi connectivity index (χ3n) is 7.03. The molecular formula is C31H31F7N2O6S. The Morgan fingerprint density at radius 2 is 1.55 bits per heavy atom. The van der Waals surface area contributed by atoms with Crippen molar-refractivity contribution in [3.8, 4) is 18.6 Å². The van der Waals surface area contributed by atoms with Crippen LogP contribution < -0.4 is 4.31 Å². The molecule has 1 aliphatic heterocycles. The van der Waals surface area contributed by atoms with Gasteiger partial charge in [-0.2, -0.15) is 26.3 Å². The first-order valence-electron chi connectivity index (χ1n) is 13.5. The summed E-state index contributed by atoms with van der Waals surface area (Å²) in [5, 5.41) is 28.5. The third-order valence-corrected chi connectivity index (χ3v) is 8.86. The number of anilines is 1. The average molecular weight is 693 g/mol. The monoisotopic (exact) mass is 692 g/mol. The van der Waals surface area contributed by atoms with Gasteiger partial charge in [0.2, 0.25) is 5.91 Å². The summed E-state index contributed by atoms with van der Waals surface area (Å²) < 4.78 is 118. The predicted molar refractivity (Wildman–Crippen MR) is 158 cm³/mol. The molecule has 3 aromatic rings. The summed E-state index contributed by atoms with van der Waals surface area (Å²) in [7, 11) is -2.62. The van der Waals surface area contributed by atoms with E-state index >= 15 is 0 Å².